The van der Waals surface area contributed by atoms with E-state index in [0.717, 1.165) is 36.6 Å². The minimum absolute atomic E-state index is 0.646. The summed E-state index contributed by atoms with van der Waals surface area (Å²) < 4.78 is 0. The van der Waals surface area contributed by atoms with Crippen molar-refractivity contribution in [1.82, 2.24) is 19.9 Å². The van der Waals surface area contributed by atoms with E-state index in [1.54, 1.807) is 6.33 Å². The van der Waals surface area contributed by atoms with E-state index >= 15 is 0 Å². The van der Waals surface area contributed by atoms with Gasteiger partial charge >= 0.3 is 0 Å². The second-order valence-corrected chi connectivity index (χ2v) is 5.30. The lowest BCUT2D eigenvalue weighted by atomic mass is 10.4. The van der Waals surface area contributed by atoms with Gasteiger partial charge in [0, 0.05) is 25.9 Å². The highest BCUT2D eigenvalue weighted by molar-refractivity contribution is 7.98. The molecule has 0 atom stereocenters. The highest BCUT2D eigenvalue weighted by Crippen LogP contribution is 2.21. The van der Waals surface area contributed by atoms with E-state index in [1.165, 1.54) is 0 Å². The molecule has 0 aliphatic heterocycles. The van der Waals surface area contributed by atoms with Gasteiger partial charge in [-0.25, -0.2) is 4.98 Å². The summed E-state index contributed by atoms with van der Waals surface area (Å²) in [5.74, 6) is 2.61. The maximum Gasteiger partial charge on any atom is 0.226 e. The quantitative estimate of drug-likeness (QED) is 0.808. The van der Waals surface area contributed by atoms with E-state index in [1.807, 2.05) is 18.8 Å². The number of hydrogen-bond donors (Lipinski definition) is 2. The molecule has 0 spiro atoms. The largest absolute Gasteiger partial charge is 0.357 e. The van der Waals surface area contributed by atoms with Gasteiger partial charge in [-0.2, -0.15) is 21.7 Å². The van der Waals surface area contributed by atoms with E-state index in [-0.39, 0.29) is 0 Å². The molecule has 2 rings (SSSR count). The molecular weight excluding hydrogens is 260 g/mol. The summed E-state index contributed by atoms with van der Waals surface area (Å²) in [5.41, 5.74) is 1.60. The number of fused-ring (bicyclic) bond motifs is 1. The monoisotopic (exact) mass is 280 g/mol. The molecule has 0 aliphatic rings. The Bertz CT molecular complexity index is 526. The predicted octanol–water partition coefficient (Wildman–Crippen LogP) is 1.97. The molecule has 6 nitrogen and oxygen atoms in total. The van der Waals surface area contributed by atoms with Gasteiger partial charge in [0.2, 0.25) is 5.95 Å². The summed E-state index contributed by atoms with van der Waals surface area (Å²) in [6.07, 6.45) is 4.81. The molecule has 0 fully saturated rings. The summed E-state index contributed by atoms with van der Waals surface area (Å²) in [6, 6.07) is 0. The number of nitrogens with one attached hydrogen (secondary N) is 2. The summed E-state index contributed by atoms with van der Waals surface area (Å²) in [7, 11) is 2.04. The number of H-pyrrole nitrogens is 1. The van der Waals surface area contributed by atoms with E-state index in [9.17, 15) is 0 Å². The van der Waals surface area contributed by atoms with Gasteiger partial charge in [0.1, 0.15) is 5.52 Å². The fourth-order valence-corrected chi connectivity index (χ4v) is 2.20. The summed E-state index contributed by atoms with van der Waals surface area (Å²) in [5, 5.41) is 3.22. The topological polar surface area (TPSA) is 69.7 Å². The maximum atomic E-state index is 4.59. The van der Waals surface area contributed by atoms with Crippen LogP contribution in [0.2, 0.25) is 0 Å². The zero-order valence-corrected chi connectivity index (χ0v) is 12.4. The van der Waals surface area contributed by atoms with Crippen LogP contribution in [0.4, 0.5) is 11.8 Å². The molecule has 0 amide bonds. The molecule has 0 radical (unpaired) electrons. The number of hydrogen-bond acceptors (Lipinski definition) is 6. The third-order valence-corrected chi connectivity index (χ3v) is 3.38. The Morgan fingerprint density at radius 1 is 1.42 bits per heavy atom. The van der Waals surface area contributed by atoms with Gasteiger partial charge in [-0.1, -0.05) is 6.92 Å². The Labute approximate surface area is 117 Å². The van der Waals surface area contributed by atoms with Gasteiger partial charge in [0.05, 0.1) is 6.33 Å². The number of imidazole rings is 1. The maximum absolute atomic E-state index is 4.59. The van der Waals surface area contributed by atoms with Crippen LogP contribution in [-0.2, 0) is 0 Å². The fourth-order valence-electron chi connectivity index (χ4n) is 1.74. The molecule has 19 heavy (non-hydrogen) atoms. The van der Waals surface area contributed by atoms with Crippen LogP contribution >= 0.6 is 11.8 Å². The Morgan fingerprint density at radius 3 is 3.00 bits per heavy atom. The SMILES string of the molecule is CCCNc1nc(N(C)CCSC)c2[nH]cnc2n1. The molecule has 2 aromatic rings. The van der Waals surface area contributed by atoms with E-state index < -0.39 is 0 Å². The van der Waals surface area contributed by atoms with Gasteiger partial charge in [-0.05, 0) is 12.7 Å². The number of nitrogens with zero attached hydrogens (tertiary/aromatic N) is 4. The molecule has 2 N–H and O–H groups in total. The van der Waals surface area contributed by atoms with Crippen LogP contribution < -0.4 is 10.2 Å². The number of anilines is 2. The second-order valence-electron chi connectivity index (χ2n) is 4.31. The van der Waals surface area contributed by atoms with Crippen LogP contribution in [0, 0.1) is 0 Å². The first-order chi connectivity index (χ1) is 9.26. The Kier molecular flexibility index (Phi) is 4.84. The smallest absolute Gasteiger partial charge is 0.226 e. The summed E-state index contributed by atoms with van der Waals surface area (Å²) >= 11 is 1.82. The van der Waals surface area contributed by atoms with Crippen molar-refractivity contribution in [2.24, 2.45) is 0 Å². The normalized spacial score (nSPS) is 10.9. The van der Waals surface area contributed by atoms with Gasteiger partial charge in [-0.3, -0.25) is 0 Å². The lowest BCUT2D eigenvalue weighted by Crippen LogP contribution is -2.22. The van der Waals surface area contributed by atoms with Crippen molar-refractivity contribution in [3.8, 4) is 0 Å². The summed E-state index contributed by atoms with van der Waals surface area (Å²) in [4.78, 5) is 18.5. The molecule has 0 unspecified atom stereocenters. The fraction of sp³-hybridized carbons (Fsp3) is 0.583. The molecule has 2 heterocycles. The van der Waals surface area contributed by atoms with Crippen molar-refractivity contribution in [1.29, 1.82) is 0 Å². The van der Waals surface area contributed by atoms with Crippen LogP contribution in [0.3, 0.4) is 0 Å². The van der Waals surface area contributed by atoms with Crippen molar-refractivity contribution < 1.29 is 0 Å². The van der Waals surface area contributed by atoms with Crippen LogP contribution in [0.5, 0.6) is 0 Å². The second kappa shape index (κ2) is 6.60. The van der Waals surface area contributed by atoms with Gasteiger partial charge in [0.15, 0.2) is 11.5 Å². The van der Waals surface area contributed by atoms with Gasteiger partial charge in [0.25, 0.3) is 0 Å². The first-order valence-corrected chi connectivity index (χ1v) is 7.80. The van der Waals surface area contributed by atoms with Gasteiger partial charge in [-0.15, -0.1) is 0 Å². The van der Waals surface area contributed by atoms with E-state index in [2.05, 4.69) is 43.3 Å². The number of aromatic amines is 1. The number of rotatable bonds is 7. The Hall–Kier alpha value is -1.50. The standard InChI is InChI=1S/C12H20N6S/c1-4-5-13-12-16-10-9(14-8-15-10)11(17-12)18(2)6-7-19-3/h8H,4-7H2,1-3H3,(H2,13,14,15,16,17). The van der Waals surface area contributed by atoms with E-state index in [4.69, 9.17) is 0 Å². The van der Waals surface area contributed by atoms with Crippen molar-refractivity contribution in [3.05, 3.63) is 6.33 Å². The highest BCUT2D eigenvalue weighted by Gasteiger charge is 2.13. The molecule has 0 saturated heterocycles. The number of thioether (sulfide) groups is 1. The van der Waals surface area contributed by atoms with Crippen molar-refractivity contribution in [2.45, 2.75) is 13.3 Å². The predicted molar refractivity (Wildman–Crippen MR) is 82.1 cm³/mol. The summed E-state index contributed by atoms with van der Waals surface area (Å²) in [6.45, 7) is 3.93. The molecule has 2 aromatic heterocycles. The molecule has 0 bridgehead atoms. The zero-order chi connectivity index (χ0) is 13.7. The Balaban J connectivity index is 2.30. The van der Waals surface area contributed by atoms with Crippen molar-refractivity contribution in [2.75, 3.05) is 42.4 Å². The molecule has 7 heteroatoms. The third-order valence-electron chi connectivity index (χ3n) is 2.79. The zero-order valence-electron chi connectivity index (χ0n) is 11.6. The van der Waals surface area contributed by atoms with E-state index in [0.29, 0.717) is 11.6 Å². The van der Waals surface area contributed by atoms with Crippen molar-refractivity contribution >= 4 is 34.7 Å². The number of aromatic nitrogens is 4. The Morgan fingerprint density at radius 2 is 2.26 bits per heavy atom. The van der Waals surface area contributed by atoms with Crippen LogP contribution in [0.1, 0.15) is 13.3 Å². The molecular formula is C12H20N6S. The lowest BCUT2D eigenvalue weighted by molar-refractivity contribution is 0.926. The average molecular weight is 280 g/mol. The average Bonchev–Trinajstić information content (AvgIpc) is 2.89. The molecule has 0 saturated carbocycles. The molecule has 0 aromatic carbocycles. The first kappa shape index (κ1) is 13.9. The highest BCUT2D eigenvalue weighted by atomic mass is 32.2. The van der Waals surface area contributed by atoms with Crippen LogP contribution in [0.25, 0.3) is 11.2 Å². The minimum atomic E-state index is 0.646. The third kappa shape index (κ3) is 3.28. The van der Waals surface area contributed by atoms with Crippen molar-refractivity contribution in [3.63, 3.8) is 0 Å². The van der Waals surface area contributed by atoms with Crippen LogP contribution in [0.15, 0.2) is 6.33 Å². The lowest BCUT2D eigenvalue weighted by Gasteiger charge is -2.18. The molecule has 104 valence electrons. The molecule has 0 aliphatic carbocycles. The van der Waals surface area contributed by atoms with Crippen LogP contribution in [-0.4, -0.2) is 52.1 Å². The first-order valence-electron chi connectivity index (χ1n) is 6.41. The van der Waals surface area contributed by atoms with Gasteiger partial charge < -0.3 is 15.2 Å². The minimum Gasteiger partial charge on any atom is -0.357 e.